The number of carbonyl (C=O) groups is 2. The molecule has 98 valence electrons. The molecular weight excluding hydrogens is 306 g/mol. The Morgan fingerprint density at radius 1 is 1.28 bits per heavy atom. The van der Waals surface area contributed by atoms with Crippen LogP contribution in [0.3, 0.4) is 0 Å². The Kier molecular flexibility index (Phi) is 4.83. The van der Waals surface area contributed by atoms with Crippen LogP contribution < -0.4 is 5.73 Å². The second-order valence-electron chi connectivity index (χ2n) is 3.76. The second kappa shape index (κ2) is 5.94. The molecule has 18 heavy (non-hydrogen) atoms. The molecule has 0 saturated heterocycles. The van der Waals surface area contributed by atoms with E-state index in [1.807, 2.05) is 0 Å². The fourth-order valence-electron chi connectivity index (χ4n) is 1.45. The highest BCUT2D eigenvalue weighted by Gasteiger charge is 2.21. The largest absolute Gasteiger partial charge is 0.478 e. The molecule has 0 saturated carbocycles. The van der Waals surface area contributed by atoms with E-state index in [1.54, 1.807) is 0 Å². The summed E-state index contributed by atoms with van der Waals surface area (Å²) in [5.41, 5.74) is 5.06. The van der Waals surface area contributed by atoms with Gasteiger partial charge in [0.05, 0.1) is 18.1 Å². The lowest BCUT2D eigenvalue weighted by Gasteiger charge is -2.17. The molecule has 7 heteroatoms. The Hall–Kier alpha value is -1.44. The van der Waals surface area contributed by atoms with Gasteiger partial charge in [0.15, 0.2) is 0 Å². The number of halogens is 1. The molecule has 5 N–H and O–H groups in total. The van der Waals surface area contributed by atoms with E-state index in [1.165, 1.54) is 18.2 Å². The van der Waals surface area contributed by atoms with Gasteiger partial charge < -0.3 is 21.1 Å². The summed E-state index contributed by atoms with van der Waals surface area (Å²) >= 11 is 3.10. The Bertz CT molecular complexity index is 477. The molecule has 0 fully saturated rings. The average Bonchev–Trinajstić information content (AvgIpc) is 2.26. The van der Waals surface area contributed by atoms with E-state index in [0.29, 0.717) is 4.47 Å². The molecule has 0 heterocycles. The van der Waals surface area contributed by atoms with Crippen molar-refractivity contribution in [2.75, 3.05) is 0 Å². The third-order valence-electron chi connectivity index (χ3n) is 2.28. The molecule has 0 spiro atoms. The van der Waals surface area contributed by atoms with Crippen LogP contribution in [0.15, 0.2) is 22.7 Å². The van der Waals surface area contributed by atoms with Crippen molar-refractivity contribution < 1.29 is 24.9 Å². The van der Waals surface area contributed by atoms with Gasteiger partial charge in [-0.25, -0.2) is 4.79 Å². The second-order valence-corrected chi connectivity index (χ2v) is 4.68. The highest BCUT2D eigenvalue weighted by molar-refractivity contribution is 9.10. The number of carboxylic acids is 1. The third-order valence-corrected chi connectivity index (χ3v) is 2.74. The Balaban J connectivity index is 3.01. The minimum absolute atomic E-state index is 0.0373. The molecule has 1 amide bonds. The number of carbonyl (C=O) groups excluding carboxylic acids is 1. The van der Waals surface area contributed by atoms with Crippen molar-refractivity contribution >= 4 is 27.8 Å². The number of aromatic carboxylic acids is 1. The minimum Gasteiger partial charge on any atom is -0.478 e. The SMILES string of the molecule is NC(=O)CC(O)C(O)c1cc(Br)cc(C(=O)O)c1. The van der Waals surface area contributed by atoms with Crippen molar-refractivity contribution in [2.24, 2.45) is 5.73 Å². The van der Waals surface area contributed by atoms with Gasteiger partial charge in [-0.05, 0) is 23.8 Å². The van der Waals surface area contributed by atoms with Gasteiger partial charge in [0.25, 0.3) is 0 Å². The van der Waals surface area contributed by atoms with Crippen molar-refractivity contribution in [1.29, 1.82) is 0 Å². The Labute approximate surface area is 111 Å². The number of benzene rings is 1. The number of hydrogen-bond acceptors (Lipinski definition) is 4. The number of aliphatic hydroxyl groups is 2. The maximum atomic E-state index is 10.8. The van der Waals surface area contributed by atoms with Crippen LogP contribution in [0.4, 0.5) is 0 Å². The fraction of sp³-hybridized carbons (Fsp3) is 0.273. The summed E-state index contributed by atoms with van der Waals surface area (Å²) in [5, 5.41) is 28.2. The van der Waals surface area contributed by atoms with Crippen molar-refractivity contribution in [3.05, 3.63) is 33.8 Å². The van der Waals surface area contributed by atoms with Gasteiger partial charge in [0, 0.05) is 4.47 Å². The molecule has 1 aromatic rings. The van der Waals surface area contributed by atoms with E-state index in [0.717, 1.165) is 0 Å². The van der Waals surface area contributed by atoms with Crippen molar-refractivity contribution in [3.63, 3.8) is 0 Å². The molecule has 0 aliphatic heterocycles. The van der Waals surface area contributed by atoms with Crippen molar-refractivity contribution in [3.8, 4) is 0 Å². The maximum absolute atomic E-state index is 10.8. The molecule has 1 rings (SSSR count). The van der Waals surface area contributed by atoms with Gasteiger partial charge in [0.1, 0.15) is 6.10 Å². The van der Waals surface area contributed by atoms with Gasteiger partial charge in [0.2, 0.25) is 5.91 Å². The average molecular weight is 318 g/mol. The topological polar surface area (TPSA) is 121 Å². The van der Waals surface area contributed by atoms with Crippen LogP contribution in [0.5, 0.6) is 0 Å². The number of primary amides is 1. The monoisotopic (exact) mass is 317 g/mol. The molecule has 0 bridgehead atoms. The van der Waals surface area contributed by atoms with Gasteiger partial charge >= 0.3 is 5.97 Å². The summed E-state index contributed by atoms with van der Waals surface area (Å²) in [6.45, 7) is 0. The highest BCUT2D eigenvalue weighted by Crippen LogP contribution is 2.24. The van der Waals surface area contributed by atoms with Crippen LogP contribution in [-0.4, -0.2) is 33.3 Å². The normalized spacial score (nSPS) is 13.9. The molecule has 2 unspecified atom stereocenters. The van der Waals surface area contributed by atoms with Gasteiger partial charge in [-0.1, -0.05) is 15.9 Å². The zero-order valence-electron chi connectivity index (χ0n) is 9.21. The standard InChI is InChI=1S/C11H12BrNO5/c12-7-2-5(1-6(3-7)11(17)18)10(16)8(14)4-9(13)15/h1-3,8,10,14,16H,4H2,(H2,13,15)(H,17,18). The van der Waals surface area contributed by atoms with Gasteiger partial charge in [-0.2, -0.15) is 0 Å². The van der Waals surface area contributed by atoms with Crippen LogP contribution in [0.1, 0.15) is 28.4 Å². The molecule has 0 aliphatic rings. The Morgan fingerprint density at radius 3 is 2.39 bits per heavy atom. The summed E-state index contributed by atoms with van der Waals surface area (Å²) in [6.07, 6.45) is -3.16. The summed E-state index contributed by atoms with van der Waals surface area (Å²) < 4.78 is 0.447. The van der Waals surface area contributed by atoms with Crippen LogP contribution >= 0.6 is 15.9 Å². The van der Waals surface area contributed by atoms with Crippen LogP contribution in [0.25, 0.3) is 0 Å². The number of rotatable bonds is 5. The van der Waals surface area contributed by atoms with E-state index in [2.05, 4.69) is 15.9 Å². The number of aliphatic hydroxyl groups excluding tert-OH is 2. The zero-order valence-corrected chi connectivity index (χ0v) is 10.8. The lowest BCUT2D eigenvalue weighted by Crippen LogP contribution is -2.25. The first-order valence-corrected chi connectivity index (χ1v) is 5.78. The summed E-state index contributed by atoms with van der Waals surface area (Å²) in [4.78, 5) is 21.5. The van der Waals surface area contributed by atoms with Crippen LogP contribution in [-0.2, 0) is 4.79 Å². The fourth-order valence-corrected chi connectivity index (χ4v) is 1.96. The quantitative estimate of drug-likeness (QED) is 0.627. The van der Waals surface area contributed by atoms with E-state index >= 15 is 0 Å². The highest BCUT2D eigenvalue weighted by atomic mass is 79.9. The molecule has 6 nitrogen and oxygen atoms in total. The summed E-state index contributed by atoms with van der Waals surface area (Å²) in [7, 11) is 0. The number of hydrogen-bond donors (Lipinski definition) is 4. The van der Waals surface area contributed by atoms with E-state index in [-0.39, 0.29) is 11.1 Å². The first-order valence-electron chi connectivity index (χ1n) is 4.99. The number of nitrogens with two attached hydrogens (primary N) is 1. The molecular formula is C11H12BrNO5. The van der Waals surface area contributed by atoms with Crippen molar-refractivity contribution in [2.45, 2.75) is 18.6 Å². The summed E-state index contributed by atoms with van der Waals surface area (Å²) in [6, 6.07) is 4.04. The number of carboxylic acid groups (broad SMARTS) is 1. The van der Waals surface area contributed by atoms with E-state index in [4.69, 9.17) is 10.8 Å². The molecule has 0 aliphatic carbocycles. The first-order chi connectivity index (χ1) is 8.31. The lowest BCUT2D eigenvalue weighted by molar-refractivity contribution is -0.121. The first kappa shape index (κ1) is 14.6. The van der Waals surface area contributed by atoms with E-state index < -0.39 is 30.5 Å². The van der Waals surface area contributed by atoms with Gasteiger partial charge in [-0.3, -0.25) is 4.79 Å². The van der Waals surface area contributed by atoms with Gasteiger partial charge in [-0.15, -0.1) is 0 Å². The molecule has 0 radical (unpaired) electrons. The third kappa shape index (κ3) is 3.80. The molecule has 1 aromatic carbocycles. The molecule has 0 aromatic heterocycles. The van der Waals surface area contributed by atoms with Crippen molar-refractivity contribution in [1.82, 2.24) is 0 Å². The minimum atomic E-state index is -1.38. The number of amides is 1. The van der Waals surface area contributed by atoms with E-state index in [9.17, 15) is 19.8 Å². The smallest absolute Gasteiger partial charge is 0.335 e. The summed E-state index contributed by atoms with van der Waals surface area (Å²) in [5.74, 6) is -1.91. The predicted octanol–water partition coefficient (Wildman–Crippen LogP) is 0.417. The lowest BCUT2D eigenvalue weighted by atomic mass is 10.00. The van der Waals surface area contributed by atoms with Crippen LogP contribution in [0.2, 0.25) is 0 Å². The maximum Gasteiger partial charge on any atom is 0.335 e. The zero-order chi connectivity index (χ0) is 13.9. The predicted molar refractivity (Wildman–Crippen MR) is 65.9 cm³/mol. The van der Waals surface area contributed by atoms with Crippen LogP contribution in [0, 0.1) is 0 Å². The molecule has 2 atom stereocenters. The Morgan fingerprint density at radius 2 is 1.89 bits per heavy atom.